The molecule has 12 heteroatoms. The van der Waals surface area contributed by atoms with Crippen molar-refractivity contribution in [2.45, 2.75) is 11.8 Å². The third-order valence-electron chi connectivity index (χ3n) is 5.71. The number of para-hydroxylation sites is 1. The normalized spacial score (nSPS) is 11.3. The standard InChI is InChI=1S/C30H28N6O5S/c1-20-14-25(36(2)34-20)30(41)33-24-7-5-6-21(16-24)10-11-22-15-23(18-31-17-22)29(40)35-42(19-28(39)32-12-13-37)27-9-4-3-8-26(27)38/h3-9,14-18,37-38H,12-13,19H2,1-2H3,(H,32,39)(H,33,41)/t42-/m0/s1. The maximum atomic E-state index is 13.1. The number of nitrogens with one attached hydrogen (secondary N) is 2. The lowest BCUT2D eigenvalue weighted by Crippen LogP contribution is -2.30. The number of aromatic hydroxyl groups is 1. The highest BCUT2D eigenvalue weighted by Crippen LogP contribution is 2.22. The van der Waals surface area contributed by atoms with Gasteiger partial charge in [0.25, 0.3) is 11.8 Å². The van der Waals surface area contributed by atoms with Gasteiger partial charge in [0.05, 0.1) is 28.5 Å². The van der Waals surface area contributed by atoms with Crippen LogP contribution >= 0.6 is 0 Å². The Balaban J connectivity index is 1.53. The highest BCUT2D eigenvalue weighted by atomic mass is 32.2. The van der Waals surface area contributed by atoms with Gasteiger partial charge in [0, 0.05) is 42.8 Å². The van der Waals surface area contributed by atoms with Crippen LogP contribution in [0.15, 0.2) is 82.3 Å². The van der Waals surface area contributed by atoms with Crippen LogP contribution in [0.4, 0.5) is 5.69 Å². The summed E-state index contributed by atoms with van der Waals surface area (Å²) in [7, 11) is 0.403. The molecule has 4 aromatic rings. The van der Waals surface area contributed by atoms with E-state index in [2.05, 4.69) is 36.9 Å². The summed E-state index contributed by atoms with van der Waals surface area (Å²) in [5.74, 6) is 4.38. The van der Waals surface area contributed by atoms with Gasteiger partial charge < -0.3 is 20.8 Å². The lowest BCUT2D eigenvalue weighted by atomic mass is 10.1. The number of aliphatic hydroxyl groups is 1. The van der Waals surface area contributed by atoms with Crippen molar-refractivity contribution in [1.82, 2.24) is 20.1 Å². The number of aliphatic hydroxyl groups excluding tert-OH is 1. The number of benzene rings is 2. The average molecular weight is 585 g/mol. The van der Waals surface area contributed by atoms with Crippen molar-refractivity contribution in [3.05, 3.63) is 101 Å². The summed E-state index contributed by atoms with van der Waals surface area (Å²) in [6, 6.07) is 16.6. The smallest absolute Gasteiger partial charge is 0.284 e. The maximum absolute atomic E-state index is 13.1. The van der Waals surface area contributed by atoms with Gasteiger partial charge in [0.2, 0.25) is 5.91 Å². The largest absolute Gasteiger partial charge is 0.507 e. The van der Waals surface area contributed by atoms with Gasteiger partial charge in [-0.05, 0) is 60.1 Å². The molecule has 42 heavy (non-hydrogen) atoms. The van der Waals surface area contributed by atoms with Crippen LogP contribution in [-0.4, -0.2) is 61.6 Å². The van der Waals surface area contributed by atoms with E-state index in [-0.39, 0.29) is 36.1 Å². The number of hydrogen-bond acceptors (Lipinski definition) is 7. The molecule has 2 aromatic carbocycles. The van der Waals surface area contributed by atoms with Crippen LogP contribution in [0.5, 0.6) is 5.75 Å². The van der Waals surface area contributed by atoms with Crippen molar-refractivity contribution in [3.8, 4) is 17.6 Å². The number of anilines is 1. The van der Waals surface area contributed by atoms with Crippen molar-refractivity contribution in [2.75, 3.05) is 24.2 Å². The van der Waals surface area contributed by atoms with Gasteiger partial charge in [-0.15, -0.1) is 0 Å². The Hall–Kier alpha value is -5.12. The van der Waals surface area contributed by atoms with E-state index >= 15 is 0 Å². The number of pyridine rings is 1. The van der Waals surface area contributed by atoms with Crippen LogP contribution in [0.2, 0.25) is 0 Å². The molecule has 0 saturated carbocycles. The first kappa shape index (κ1) is 29.9. The minimum Gasteiger partial charge on any atom is -0.507 e. The molecule has 0 aliphatic heterocycles. The molecule has 0 unspecified atom stereocenters. The highest BCUT2D eigenvalue weighted by Gasteiger charge is 2.16. The monoisotopic (exact) mass is 584 g/mol. The average Bonchev–Trinajstić information content (AvgIpc) is 3.33. The van der Waals surface area contributed by atoms with Gasteiger partial charge in [-0.2, -0.15) is 9.46 Å². The van der Waals surface area contributed by atoms with Crippen molar-refractivity contribution >= 4 is 34.1 Å². The van der Waals surface area contributed by atoms with Gasteiger partial charge in [-0.25, -0.2) is 0 Å². The molecule has 11 nitrogen and oxygen atoms in total. The molecule has 2 heterocycles. The van der Waals surface area contributed by atoms with Crippen LogP contribution in [0.3, 0.4) is 0 Å². The number of phenolic OH excluding ortho intramolecular Hbond substituents is 1. The molecular formula is C30H28N6O5S. The summed E-state index contributed by atoms with van der Waals surface area (Å²) in [5.41, 5.74) is 2.98. The van der Waals surface area contributed by atoms with Crippen molar-refractivity contribution < 1.29 is 24.6 Å². The third-order valence-corrected chi connectivity index (χ3v) is 7.48. The van der Waals surface area contributed by atoms with E-state index in [9.17, 15) is 19.5 Å². The molecule has 4 rings (SSSR count). The lowest BCUT2D eigenvalue weighted by Gasteiger charge is -2.10. The number of amides is 3. The van der Waals surface area contributed by atoms with E-state index in [1.54, 1.807) is 61.6 Å². The van der Waals surface area contributed by atoms with Crippen LogP contribution in [0, 0.1) is 18.8 Å². The quantitative estimate of drug-likeness (QED) is 0.232. The first-order valence-corrected chi connectivity index (χ1v) is 14.1. The summed E-state index contributed by atoms with van der Waals surface area (Å²) in [4.78, 5) is 42.5. The molecular weight excluding hydrogens is 556 g/mol. The molecule has 2 aromatic heterocycles. The SMILES string of the molecule is Cc1cc(C(=O)Nc2cccc(C#Cc3cncc(C(=O)N=[S@@](CC(=O)NCCO)c4ccccc4O)c3)c2)n(C)n1. The Bertz CT molecular complexity index is 1740. The molecule has 0 bridgehead atoms. The number of aryl methyl sites for hydroxylation is 2. The van der Waals surface area contributed by atoms with E-state index in [0.717, 1.165) is 5.69 Å². The molecule has 0 spiro atoms. The minimum absolute atomic E-state index is 0.0642. The van der Waals surface area contributed by atoms with E-state index in [0.29, 0.717) is 27.4 Å². The van der Waals surface area contributed by atoms with Gasteiger partial charge in [0.15, 0.2) is 0 Å². The Kier molecular flexibility index (Phi) is 9.94. The number of rotatable bonds is 8. The van der Waals surface area contributed by atoms with Crippen molar-refractivity contribution in [3.63, 3.8) is 0 Å². The molecule has 4 N–H and O–H groups in total. The van der Waals surface area contributed by atoms with Gasteiger partial charge >= 0.3 is 0 Å². The van der Waals surface area contributed by atoms with Crippen LogP contribution < -0.4 is 10.6 Å². The van der Waals surface area contributed by atoms with Crippen LogP contribution in [0.1, 0.15) is 37.7 Å². The fraction of sp³-hybridized carbons (Fsp3) is 0.167. The second-order valence-electron chi connectivity index (χ2n) is 8.99. The molecule has 0 fully saturated rings. The maximum Gasteiger partial charge on any atom is 0.284 e. The molecule has 0 aliphatic carbocycles. The number of aromatic nitrogens is 3. The number of hydrogen-bond donors (Lipinski definition) is 4. The summed E-state index contributed by atoms with van der Waals surface area (Å²) >= 11 is 0. The van der Waals surface area contributed by atoms with Crippen molar-refractivity contribution in [1.29, 1.82) is 0 Å². The minimum atomic E-state index is -1.30. The molecule has 1 atom stereocenters. The van der Waals surface area contributed by atoms with Crippen LogP contribution in [-0.2, 0) is 22.5 Å². The predicted molar refractivity (Wildman–Crippen MR) is 158 cm³/mol. The van der Waals surface area contributed by atoms with E-state index in [1.165, 1.54) is 23.1 Å². The zero-order valence-electron chi connectivity index (χ0n) is 22.9. The summed E-state index contributed by atoms with van der Waals surface area (Å²) in [6.45, 7) is 1.65. The summed E-state index contributed by atoms with van der Waals surface area (Å²) in [6.07, 6.45) is 2.86. The van der Waals surface area contributed by atoms with Gasteiger partial charge in [-0.3, -0.25) is 24.0 Å². The molecule has 0 aliphatic rings. The second kappa shape index (κ2) is 14.0. The zero-order valence-corrected chi connectivity index (χ0v) is 23.7. The van der Waals surface area contributed by atoms with Gasteiger partial charge in [-0.1, -0.05) is 30.0 Å². The molecule has 214 valence electrons. The fourth-order valence-corrected chi connectivity index (χ4v) is 5.32. The van der Waals surface area contributed by atoms with E-state index in [4.69, 9.17) is 5.11 Å². The topological polar surface area (TPSA) is 159 Å². The molecule has 3 amide bonds. The molecule has 0 saturated heterocycles. The van der Waals surface area contributed by atoms with Crippen LogP contribution in [0.25, 0.3) is 0 Å². The molecule has 0 radical (unpaired) electrons. The van der Waals surface area contributed by atoms with E-state index < -0.39 is 22.5 Å². The number of carbonyl (C=O) groups is 3. The number of nitrogens with zero attached hydrogens (tertiary/aromatic N) is 4. The first-order valence-electron chi connectivity index (χ1n) is 12.7. The Morgan fingerprint density at radius 1 is 1.02 bits per heavy atom. The lowest BCUT2D eigenvalue weighted by molar-refractivity contribution is -0.118. The van der Waals surface area contributed by atoms with Gasteiger partial charge in [0.1, 0.15) is 11.4 Å². The first-order chi connectivity index (χ1) is 20.2. The fourth-order valence-electron chi connectivity index (χ4n) is 3.80. The second-order valence-corrected chi connectivity index (χ2v) is 10.6. The zero-order chi connectivity index (χ0) is 30.1. The summed E-state index contributed by atoms with van der Waals surface area (Å²) < 4.78 is 5.74. The van der Waals surface area contributed by atoms with E-state index in [1.807, 2.05) is 6.92 Å². The third kappa shape index (κ3) is 7.97. The Morgan fingerprint density at radius 3 is 2.55 bits per heavy atom. The number of carbonyl (C=O) groups excluding carboxylic acids is 3. The summed E-state index contributed by atoms with van der Waals surface area (Å²) in [5, 5.41) is 28.9. The Labute approximate surface area is 244 Å². The highest BCUT2D eigenvalue weighted by molar-refractivity contribution is 7.88. The number of phenols is 1. The van der Waals surface area contributed by atoms with Crippen molar-refractivity contribution in [2.24, 2.45) is 11.4 Å². The Morgan fingerprint density at radius 2 is 1.81 bits per heavy atom. The predicted octanol–water partition coefficient (Wildman–Crippen LogP) is 2.59.